The highest BCUT2D eigenvalue weighted by Crippen LogP contribution is 2.21. The molecule has 0 radical (unpaired) electrons. The minimum Gasteiger partial charge on any atom is -0.346 e. The first-order valence-electron chi connectivity index (χ1n) is 9.73. The summed E-state index contributed by atoms with van der Waals surface area (Å²) >= 11 is 0. The van der Waals surface area contributed by atoms with Gasteiger partial charge in [-0.15, -0.1) is 0 Å². The van der Waals surface area contributed by atoms with E-state index in [4.69, 9.17) is 0 Å². The van der Waals surface area contributed by atoms with Crippen molar-refractivity contribution >= 4 is 28.5 Å². The summed E-state index contributed by atoms with van der Waals surface area (Å²) in [6.45, 7) is 2.22. The van der Waals surface area contributed by atoms with Crippen LogP contribution in [0.5, 0.6) is 0 Å². The monoisotopic (exact) mass is 386 g/mol. The van der Waals surface area contributed by atoms with Gasteiger partial charge in [0.05, 0.1) is 12.6 Å². The van der Waals surface area contributed by atoms with Gasteiger partial charge in [-0.05, 0) is 47.0 Å². The Balaban J connectivity index is 1.42. The summed E-state index contributed by atoms with van der Waals surface area (Å²) < 4.78 is 0. The summed E-state index contributed by atoms with van der Waals surface area (Å²) in [5.74, 6) is -0.437. The van der Waals surface area contributed by atoms with E-state index < -0.39 is 0 Å². The van der Waals surface area contributed by atoms with E-state index in [2.05, 4.69) is 29.6 Å². The first-order chi connectivity index (χ1) is 14.0. The van der Waals surface area contributed by atoms with E-state index in [-0.39, 0.29) is 43.1 Å². The van der Waals surface area contributed by atoms with Crippen LogP contribution in [0.25, 0.3) is 10.8 Å². The average molecular weight is 386 g/mol. The van der Waals surface area contributed by atoms with Gasteiger partial charge in [-0.2, -0.15) is 0 Å². The number of rotatable bonds is 5. The predicted molar refractivity (Wildman–Crippen MR) is 111 cm³/mol. The lowest BCUT2D eigenvalue weighted by Crippen LogP contribution is -2.28. The van der Waals surface area contributed by atoms with Gasteiger partial charge in [0.15, 0.2) is 0 Å². The van der Waals surface area contributed by atoms with Crippen LogP contribution in [0, 0.1) is 0 Å². The molecule has 3 aromatic carbocycles. The molecule has 1 fully saturated rings. The average Bonchev–Trinajstić information content (AvgIpc) is 3.06. The van der Waals surface area contributed by atoms with E-state index in [0.29, 0.717) is 5.56 Å². The Kier molecular flexibility index (Phi) is 5.12. The van der Waals surface area contributed by atoms with E-state index >= 15 is 0 Å². The minimum absolute atomic E-state index is 0.133. The van der Waals surface area contributed by atoms with Crippen molar-refractivity contribution in [2.45, 2.75) is 32.4 Å². The van der Waals surface area contributed by atoms with Crippen LogP contribution in [0.1, 0.15) is 47.3 Å². The summed E-state index contributed by atoms with van der Waals surface area (Å²) in [6, 6.07) is 21.2. The van der Waals surface area contributed by atoms with Gasteiger partial charge in [-0.3, -0.25) is 19.3 Å². The summed E-state index contributed by atoms with van der Waals surface area (Å²) in [4.78, 5) is 37.4. The Morgan fingerprint density at radius 2 is 1.59 bits per heavy atom. The Bertz CT molecular complexity index is 1070. The number of benzene rings is 3. The normalized spacial score (nSPS) is 15.0. The van der Waals surface area contributed by atoms with Gasteiger partial charge in [0.1, 0.15) is 0 Å². The maximum atomic E-state index is 12.6. The maximum Gasteiger partial charge on any atom is 0.251 e. The number of carbonyl (C=O) groups is 3. The highest BCUT2D eigenvalue weighted by molar-refractivity contribution is 6.01. The lowest BCUT2D eigenvalue weighted by atomic mass is 10.0. The lowest BCUT2D eigenvalue weighted by molar-refractivity contribution is -0.139. The Hall–Kier alpha value is -3.47. The van der Waals surface area contributed by atoms with Crippen molar-refractivity contribution in [3.05, 3.63) is 83.4 Å². The molecular weight excluding hydrogens is 364 g/mol. The first-order valence-corrected chi connectivity index (χ1v) is 9.73. The molecular formula is C24H22N2O3. The predicted octanol–water partition coefficient (Wildman–Crippen LogP) is 3.98. The van der Waals surface area contributed by atoms with Crippen LogP contribution >= 0.6 is 0 Å². The zero-order valence-corrected chi connectivity index (χ0v) is 16.2. The highest BCUT2D eigenvalue weighted by atomic mass is 16.2. The molecule has 1 unspecified atom stereocenters. The number of amides is 3. The van der Waals surface area contributed by atoms with Gasteiger partial charge in [-0.25, -0.2) is 0 Å². The number of hydrogen-bond donors (Lipinski definition) is 1. The summed E-state index contributed by atoms with van der Waals surface area (Å²) in [5, 5.41) is 5.33. The summed E-state index contributed by atoms with van der Waals surface area (Å²) in [7, 11) is 0. The third-order valence-electron chi connectivity index (χ3n) is 5.33. The smallest absolute Gasteiger partial charge is 0.251 e. The van der Waals surface area contributed by atoms with Crippen LogP contribution in [-0.2, 0) is 16.1 Å². The van der Waals surface area contributed by atoms with Crippen molar-refractivity contribution in [1.82, 2.24) is 10.2 Å². The van der Waals surface area contributed by atoms with Crippen molar-refractivity contribution in [3.8, 4) is 0 Å². The number of nitrogens with zero attached hydrogens (tertiary/aromatic N) is 1. The number of likely N-dealkylation sites (tertiary alicyclic amines) is 1. The Morgan fingerprint density at radius 3 is 2.28 bits per heavy atom. The molecule has 0 saturated carbocycles. The number of carbonyl (C=O) groups excluding carboxylic acids is 3. The van der Waals surface area contributed by atoms with E-state index in [1.165, 1.54) is 10.3 Å². The summed E-state index contributed by atoms with van der Waals surface area (Å²) in [6.07, 6.45) is 0.567. The van der Waals surface area contributed by atoms with E-state index in [1.807, 2.05) is 25.1 Å². The van der Waals surface area contributed by atoms with E-state index in [1.54, 1.807) is 24.3 Å². The number of hydrogen-bond acceptors (Lipinski definition) is 3. The molecule has 1 atom stereocenters. The second-order valence-electron chi connectivity index (χ2n) is 7.37. The quantitative estimate of drug-likeness (QED) is 0.675. The molecule has 1 N–H and O–H groups in total. The number of fused-ring (bicyclic) bond motifs is 1. The molecule has 1 heterocycles. The molecule has 5 nitrogen and oxygen atoms in total. The minimum atomic E-state index is -0.162. The van der Waals surface area contributed by atoms with Crippen molar-refractivity contribution in [1.29, 1.82) is 0 Å². The van der Waals surface area contributed by atoms with Crippen molar-refractivity contribution < 1.29 is 14.4 Å². The zero-order valence-electron chi connectivity index (χ0n) is 16.2. The van der Waals surface area contributed by atoms with Gasteiger partial charge in [0, 0.05) is 18.4 Å². The molecule has 1 saturated heterocycles. The van der Waals surface area contributed by atoms with Crippen LogP contribution < -0.4 is 5.32 Å². The van der Waals surface area contributed by atoms with Crippen LogP contribution in [0.4, 0.5) is 0 Å². The third kappa shape index (κ3) is 4.04. The Labute approximate surface area is 169 Å². The van der Waals surface area contributed by atoms with Crippen molar-refractivity contribution in [3.63, 3.8) is 0 Å². The highest BCUT2D eigenvalue weighted by Gasteiger charge is 2.28. The van der Waals surface area contributed by atoms with Crippen molar-refractivity contribution in [2.75, 3.05) is 0 Å². The van der Waals surface area contributed by atoms with Crippen LogP contribution in [0.3, 0.4) is 0 Å². The van der Waals surface area contributed by atoms with Gasteiger partial charge < -0.3 is 5.32 Å². The van der Waals surface area contributed by atoms with Crippen LogP contribution in [0.2, 0.25) is 0 Å². The fraction of sp³-hybridized carbons (Fsp3) is 0.208. The lowest BCUT2D eigenvalue weighted by Gasteiger charge is -2.16. The molecule has 0 aliphatic carbocycles. The molecule has 0 bridgehead atoms. The van der Waals surface area contributed by atoms with E-state index in [9.17, 15) is 14.4 Å². The van der Waals surface area contributed by atoms with Crippen LogP contribution in [-0.4, -0.2) is 22.6 Å². The molecule has 4 rings (SSSR count). The fourth-order valence-corrected chi connectivity index (χ4v) is 3.58. The zero-order chi connectivity index (χ0) is 20.4. The molecule has 146 valence electrons. The Morgan fingerprint density at radius 1 is 0.931 bits per heavy atom. The molecule has 1 aliphatic rings. The van der Waals surface area contributed by atoms with E-state index in [0.717, 1.165) is 16.5 Å². The SMILES string of the molecule is CC(NC(=O)c1ccc(CN2C(=O)CCC2=O)cc1)c1ccc2ccccc2c1. The summed E-state index contributed by atoms with van der Waals surface area (Å²) in [5.41, 5.74) is 2.41. The molecule has 0 aromatic heterocycles. The van der Waals surface area contributed by atoms with Gasteiger partial charge >= 0.3 is 0 Å². The molecule has 29 heavy (non-hydrogen) atoms. The molecule has 0 spiro atoms. The molecule has 3 aromatic rings. The molecule has 1 aliphatic heterocycles. The molecule has 3 amide bonds. The standard InChI is InChI=1S/C24H22N2O3/c1-16(20-11-10-18-4-2-3-5-21(18)14-20)25-24(29)19-8-6-17(7-9-19)15-26-22(27)12-13-23(26)28/h2-11,14,16H,12-13,15H2,1H3,(H,25,29). The maximum absolute atomic E-state index is 12.6. The first kappa shape index (κ1) is 18.9. The molecule has 5 heteroatoms. The van der Waals surface area contributed by atoms with Crippen LogP contribution in [0.15, 0.2) is 66.7 Å². The van der Waals surface area contributed by atoms with Gasteiger partial charge in [-0.1, -0.05) is 48.5 Å². The largest absolute Gasteiger partial charge is 0.346 e. The van der Waals surface area contributed by atoms with Gasteiger partial charge in [0.25, 0.3) is 5.91 Å². The van der Waals surface area contributed by atoms with Gasteiger partial charge in [0.2, 0.25) is 11.8 Å². The number of imide groups is 1. The number of nitrogens with one attached hydrogen (secondary N) is 1. The fourth-order valence-electron chi connectivity index (χ4n) is 3.58. The second kappa shape index (κ2) is 7.87. The topological polar surface area (TPSA) is 66.5 Å². The second-order valence-corrected chi connectivity index (χ2v) is 7.37. The van der Waals surface area contributed by atoms with Crippen molar-refractivity contribution in [2.24, 2.45) is 0 Å². The third-order valence-corrected chi connectivity index (χ3v) is 5.33.